The van der Waals surface area contributed by atoms with Crippen LogP contribution >= 0.6 is 0 Å². The molecule has 1 saturated carbocycles. The van der Waals surface area contributed by atoms with Gasteiger partial charge in [-0.3, -0.25) is 4.90 Å². The SMILES string of the molecule is C[C@@H]1CN(C2CCC2)CCN1. The lowest BCUT2D eigenvalue weighted by Gasteiger charge is -2.42. The van der Waals surface area contributed by atoms with Gasteiger partial charge >= 0.3 is 0 Å². The molecule has 1 atom stereocenters. The van der Waals surface area contributed by atoms with Gasteiger partial charge in [-0.25, -0.2) is 0 Å². The van der Waals surface area contributed by atoms with Gasteiger partial charge in [0.2, 0.25) is 0 Å². The molecule has 2 aliphatic rings. The number of rotatable bonds is 1. The van der Waals surface area contributed by atoms with Crippen molar-refractivity contribution in [3.05, 3.63) is 0 Å². The van der Waals surface area contributed by atoms with Gasteiger partial charge in [0, 0.05) is 31.7 Å². The molecule has 0 amide bonds. The second kappa shape index (κ2) is 3.11. The average Bonchev–Trinajstić information content (AvgIpc) is 1.83. The van der Waals surface area contributed by atoms with E-state index in [1.54, 1.807) is 0 Å². The summed E-state index contributed by atoms with van der Waals surface area (Å²) in [6, 6.07) is 1.66. The van der Waals surface area contributed by atoms with Crippen LogP contribution < -0.4 is 5.32 Å². The zero-order chi connectivity index (χ0) is 7.68. The molecule has 2 rings (SSSR count). The van der Waals surface area contributed by atoms with Gasteiger partial charge in [-0.05, 0) is 19.8 Å². The number of nitrogens with zero attached hydrogens (tertiary/aromatic N) is 1. The topological polar surface area (TPSA) is 15.3 Å². The molecule has 0 aromatic heterocycles. The van der Waals surface area contributed by atoms with Crippen molar-refractivity contribution < 1.29 is 0 Å². The van der Waals surface area contributed by atoms with E-state index in [4.69, 9.17) is 0 Å². The molecule has 0 unspecified atom stereocenters. The molecule has 1 N–H and O–H groups in total. The van der Waals surface area contributed by atoms with E-state index in [9.17, 15) is 0 Å². The fourth-order valence-corrected chi connectivity index (χ4v) is 2.05. The van der Waals surface area contributed by atoms with Crippen LogP contribution in [0.25, 0.3) is 0 Å². The van der Waals surface area contributed by atoms with Crippen LogP contribution in [0.3, 0.4) is 0 Å². The summed E-state index contributed by atoms with van der Waals surface area (Å²) in [4.78, 5) is 2.66. The molecule has 1 aliphatic heterocycles. The van der Waals surface area contributed by atoms with Crippen molar-refractivity contribution in [3.8, 4) is 0 Å². The molecule has 0 spiro atoms. The molecule has 64 valence electrons. The van der Waals surface area contributed by atoms with Gasteiger partial charge in [0.1, 0.15) is 0 Å². The fourth-order valence-electron chi connectivity index (χ4n) is 2.05. The standard InChI is InChI=1S/C9H18N2/c1-8-7-11(6-5-10-8)9-3-2-4-9/h8-10H,2-7H2,1H3/t8-/m1/s1. The summed E-state index contributed by atoms with van der Waals surface area (Å²) in [7, 11) is 0. The summed E-state index contributed by atoms with van der Waals surface area (Å²) in [6.07, 6.45) is 4.36. The minimum absolute atomic E-state index is 0.712. The number of piperazine rings is 1. The molecular weight excluding hydrogens is 136 g/mol. The molecule has 1 aliphatic carbocycles. The molecule has 0 aromatic rings. The van der Waals surface area contributed by atoms with Crippen molar-refractivity contribution in [1.29, 1.82) is 0 Å². The summed E-state index contributed by atoms with van der Waals surface area (Å²) >= 11 is 0. The predicted octanol–water partition coefficient (Wildman–Crippen LogP) is 0.833. The van der Waals surface area contributed by atoms with E-state index in [-0.39, 0.29) is 0 Å². The molecule has 11 heavy (non-hydrogen) atoms. The minimum Gasteiger partial charge on any atom is -0.312 e. The molecular formula is C9H18N2. The highest BCUT2D eigenvalue weighted by Crippen LogP contribution is 2.25. The Bertz CT molecular complexity index is 132. The lowest BCUT2D eigenvalue weighted by atomic mass is 9.91. The molecule has 1 heterocycles. The van der Waals surface area contributed by atoms with E-state index in [1.807, 2.05) is 0 Å². The van der Waals surface area contributed by atoms with Crippen molar-refractivity contribution in [2.75, 3.05) is 19.6 Å². The van der Waals surface area contributed by atoms with Gasteiger partial charge in [-0.15, -0.1) is 0 Å². The predicted molar refractivity (Wildman–Crippen MR) is 46.7 cm³/mol. The molecule has 0 radical (unpaired) electrons. The van der Waals surface area contributed by atoms with Crippen molar-refractivity contribution in [1.82, 2.24) is 10.2 Å². The Morgan fingerprint density at radius 3 is 2.73 bits per heavy atom. The Morgan fingerprint density at radius 2 is 2.18 bits per heavy atom. The van der Waals surface area contributed by atoms with Gasteiger partial charge in [0.05, 0.1) is 0 Å². The van der Waals surface area contributed by atoms with Crippen LogP contribution in [0.4, 0.5) is 0 Å². The van der Waals surface area contributed by atoms with Crippen molar-refractivity contribution in [2.45, 2.75) is 38.3 Å². The summed E-state index contributed by atoms with van der Waals surface area (Å²) in [5.41, 5.74) is 0. The third kappa shape index (κ3) is 1.57. The Labute approximate surface area is 69.0 Å². The fraction of sp³-hybridized carbons (Fsp3) is 1.00. The smallest absolute Gasteiger partial charge is 0.0167 e. The second-order valence-electron chi connectivity index (χ2n) is 3.93. The third-order valence-corrected chi connectivity index (χ3v) is 2.99. The highest BCUT2D eigenvalue weighted by Gasteiger charge is 2.27. The van der Waals surface area contributed by atoms with Crippen LogP contribution in [0, 0.1) is 0 Å². The first-order valence-corrected chi connectivity index (χ1v) is 4.83. The largest absolute Gasteiger partial charge is 0.312 e. The van der Waals surface area contributed by atoms with Gasteiger partial charge in [-0.1, -0.05) is 6.42 Å². The monoisotopic (exact) mass is 154 g/mol. The maximum atomic E-state index is 3.47. The van der Waals surface area contributed by atoms with Gasteiger partial charge < -0.3 is 5.32 Å². The Morgan fingerprint density at radius 1 is 1.36 bits per heavy atom. The van der Waals surface area contributed by atoms with Crippen LogP contribution in [0.15, 0.2) is 0 Å². The molecule has 2 heteroatoms. The molecule has 0 aromatic carbocycles. The molecule has 2 fully saturated rings. The Balaban J connectivity index is 1.82. The zero-order valence-electron chi connectivity index (χ0n) is 7.34. The summed E-state index contributed by atoms with van der Waals surface area (Å²) < 4.78 is 0. The van der Waals surface area contributed by atoms with Gasteiger partial charge in [0.25, 0.3) is 0 Å². The quantitative estimate of drug-likeness (QED) is 0.602. The van der Waals surface area contributed by atoms with E-state index in [2.05, 4.69) is 17.1 Å². The van der Waals surface area contributed by atoms with Crippen LogP contribution in [-0.4, -0.2) is 36.6 Å². The molecule has 0 bridgehead atoms. The minimum atomic E-state index is 0.712. The van der Waals surface area contributed by atoms with Gasteiger partial charge in [-0.2, -0.15) is 0 Å². The van der Waals surface area contributed by atoms with Crippen molar-refractivity contribution in [2.24, 2.45) is 0 Å². The molecule has 2 nitrogen and oxygen atoms in total. The maximum absolute atomic E-state index is 3.47. The zero-order valence-corrected chi connectivity index (χ0v) is 7.34. The number of hydrogen-bond acceptors (Lipinski definition) is 2. The lowest BCUT2D eigenvalue weighted by molar-refractivity contribution is 0.0956. The Hall–Kier alpha value is -0.0800. The van der Waals surface area contributed by atoms with Crippen LogP contribution in [0.5, 0.6) is 0 Å². The van der Waals surface area contributed by atoms with Gasteiger partial charge in [0.15, 0.2) is 0 Å². The lowest BCUT2D eigenvalue weighted by Crippen LogP contribution is -2.54. The van der Waals surface area contributed by atoms with Crippen molar-refractivity contribution in [3.63, 3.8) is 0 Å². The molecule has 1 saturated heterocycles. The summed E-state index contributed by atoms with van der Waals surface area (Å²) in [5.74, 6) is 0. The number of hydrogen-bond donors (Lipinski definition) is 1. The maximum Gasteiger partial charge on any atom is 0.0167 e. The van der Waals surface area contributed by atoms with Crippen LogP contribution in [-0.2, 0) is 0 Å². The number of nitrogens with one attached hydrogen (secondary N) is 1. The van der Waals surface area contributed by atoms with E-state index in [0.717, 1.165) is 6.04 Å². The summed E-state index contributed by atoms with van der Waals surface area (Å²) in [6.45, 7) is 6.02. The average molecular weight is 154 g/mol. The van der Waals surface area contributed by atoms with Crippen LogP contribution in [0.1, 0.15) is 26.2 Å². The van der Waals surface area contributed by atoms with Crippen LogP contribution in [0.2, 0.25) is 0 Å². The third-order valence-electron chi connectivity index (χ3n) is 2.99. The van der Waals surface area contributed by atoms with E-state index < -0.39 is 0 Å². The summed E-state index contributed by atoms with van der Waals surface area (Å²) in [5, 5.41) is 3.47. The highest BCUT2D eigenvalue weighted by molar-refractivity contribution is 4.85. The van der Waals surface area contributed by atoms with E-state index >= 15 is 0 Å². The van der Waals surface area contributed by atoms with E-state index in [1.165, 1.54) is 38.9 Å². The highest BCUT2D eigenvalue weighted by atomic mass is 15.2. The first-order chi connectivity index (χ1) is 5.36. The Kier molecular flexibility index (Phi) is 2.14. The normalized spacial score (nSPS) is 35.2. The second-order valence-corrected chi connectivity index (χ2v) is 3.93. The van der Waals surface area contributed by atoms with E-state index in [0.29, 0.717) is 6.04 Å². The first kappa shape index (κ1) is 7.56. The van der Waals surface area contributed by atoms with Crippen molar-refractivity contribution >= 4 is 0 Å². The first-order valence-electron chi connectivity index (χ1n) is 4.83.